The summed E-state index contributed by atoms with van der Waals surface area (Å²) in [6, 6.07) is 21.0. The van der Waals surface area contributed by atoms with Gasteiger partial charge in [-0.15, -0.1) is 0 Å². The van der Waals surface area contributed by atoms with Gasteiger partial charge in [0.1, 0.15) is 12.2 Å². The van der Waals surface area contributed by atoms with E-state index in [1.54, 1.807) is 0 Å². The summed E-state index contributed by atoms with van der Waals surface area (Å²) in [5.74, 6) is 0. The van der Waals surface area contributed by atoms with E-state index in [-0.39, 0.29) is 0 Å². The summed E-state index contributed by atoms with van der Waals surface area (Å²) < 4.78 is 11.5. The Bertz CT molecular complexity index is 513. The summed E-state index contributed by atoms with van der Waals surface area (Å²) in [6.07, 6.45) is 3.58. The van der Waals surface area contributed by atoms with Gasteiger partial charge in [-0.2, -0.15) is 0 Å². The van der Waals surface area contributed by atoms with Crippen LogP contribution in [0.4, 0.5) is 0 Å². The molecule has 0 bridgehead atoms. The molecule has 2 nitrogen and oxygen atoms in total. The lowest BCUT2D eigenvalue weighted by Gasteiger charge is -1.96. The van der Waals surface area contributed by atoms with Crippen LogP contribution >= 0.6 is 0 Å². The van der Waals surface area contributed by atoms with E-state index >= 15 is 0 Å². The van der Waals surface area contributed by atoms with Crippen molar-refractivity contribution in [1.29, 1.82) is 0 Å². The zero-order valence-electron chi connectivity index (χ0n) is 11.3. The highest BCUT2D eigenvalue weighted by Gasteiger charge is 2.44. The fraction of sp³-hybridized carbons (Fsp3) is 0.333. The van der Waals surface area contributed by atoms with Crippen molar-refractivity contribution in [3.05, 3.63) is 71.8 Å². The van der Waals surface area contributed by atoms with Crippen molar-refractivity contribution in [2.75, 3.05) is 0 Å². The van der Waals surface area contributed by atoms with Crippen LogP contribution in [0.5, 0.6) is 0 Å². The topological polar surface area (TPSA) is 25.1 Å². The van der Waals surface area contributed by atoms with Gasteiger partial charge in [-0.1, -0.05) is 60.7 Å². The maximum absolute atomic E-state index is 5.77. The van der Waals surface area contributed by atoms with Crippen LogP contribution in [0, 0.1) is 0 Å². The minimum absolute atomic E-state index is 0.310. The summed E-state index contributed by atoms with van der Waals surface area (Å²) >= 11 is 0. The smallest absolute Gasteiger partial charge is 0.109 e. The van der Waals surface area contributed by atoms with Gasteiger partial charge in [0, 0.05) is 0 Å². The second-order valence-corrected chi connectivity index (χ2v) is 5.59. The molecule has 2 fully saturated rings. The fourth-order valence-corrected chi connectivity index (χ4v) is 2.93. The molecule has 20 heavy (non-hydrogen) atoms. The summed E-state index contributed by atoms with van der Waals surface area (Å²) in [5.41, 5.74) is 2.60. The van der Waals surface area contributed by atoms with E-state index in [1.165, 1.54) is 11.1 Å². The third-order valence-corrected chi connectivity index (χ3v) is 4.16. The Morgan fingerprint density at radius 3 is 1.40 bits per heavy atom. The quantitative estimate of drug-likeness (QED) is 0.763. The largest absolute Gasteiger partial charge is 0.365 e. The molecule has 0 saturated carbocycles. The number of hydrogen-bond donors (Lipinski definition) is 0. The van der Waals surface area contributed by atoms with Crippen molar-refractivity contribution in [3.8, 4) is 0 Å². The highest BCUT2D eigenvalue weighted by Crippen LogP contribution is 2.46. The molecule has 0 aliphatic carbocycles. The second-order valence-electron chi connectivity index (χ2n) is 5.59. The number of ether oxygens (including phenoxy) is 2. The van der Waals surface area contributed by atoms with Crippen LogP contribution in [0.15, 0.2) is 60.7 Å². The zero-order chi connectivity index (χ0) is 13.4. The molecule has 2 aliphatic rings. The Labute approximate surface area is 119 Å². The lowest BCUT2D eigenvalue weighted by molar-refractivity contribution is 0.335. The number of benzene rings is 2. The summed E-state index contributed by atoms with van der Waals surface area (Å²) in [5, 5.41) is 0. The van der Waals surface area contributed by atoms with E-state index < -0.39 is 0 Å². The first kappa shape index (κ1) is 12.1. The first-order valence-corrected chi connectivity index (χ1v) is 7.32. The van der Waals surface area contributed by atoms with Gasteiger partial charge in [0.15, 0.2) is 0 Å². The normalized spacial score (nSPS) is 31.0. The number of rotatable bonds is 5. The van der Waals surface area contributed by atoms with Gasteiger partial charge < -0.3 is 9.47 Å². The van der Waals surface area contributed by atoms with E-state index in [0.717, 1.165) is 12.8 Å². The molecule has 2 aromatic rings. The maximum Gasteiger partial charge on any atom is 0.109 e. The predicted molar refractivity (Wildman–Crippen MR) is 77.3 cm³/mol. The predicted octanol–water partition coefficient (Wildman–Crippen LogP) is 4.05. The van der Waals surface area contributed by atoms with Crippen LogP contribution in [-0.4, -0.2) is 12.2 Å². The second kappa shape index (κ2) is 5.04. The molecule has 0 N–H and O–H groups in total. The first-order valence-electron chi connectivity index (χ1n) is 7.32. The fourth-order valence-electron chi connectivity index (χ4n) is 2.93. The molecule has 0 radical (unpaired) electrons. The number of hydrogen-bond acceptors (Lipinski definition) is 2. The molecule has 0 aromatic heterocycles. The van der Waals surface area contributed by atoms with Crippen molar-refractivity contribution in [2.24, 2.45) is 0 Å². The van der Waals surface area contributed by atoms with Crippen LogP contribution in [0.1, 0.15) is 36.2 Å². The molecule has 4 rings (SSSR count). The Kier molecular flexibility index (Phi) is 3.06. The molecule has 2 saturated heterocycles. The highest BCUT2D eigenvalue weighted by molar-refractivity contribution is 5.23. The van der Waals surface area contributed by atoms with E-state index in [2.05, 4.69) is 48.5 Å². The van der Waals surface area contributed by atoms with E-state index in [1.807, 2.05) is 12.1 Å². The van der Waals surface area contributed by atoms with Crippen molar-refractivity contribution in [1.82, 2.24) is 0 Å². The summed E-state index contributed by atoms with van der Waals surface area (Å²) in [7, 11) is 0. The molecular formula is C18H18O2. The van der Waals surface area contributed by atoms with Crippen molar-refractivity contribution in [3.63, 3.8) is 0 Å². The molecule has 4 unspecified atom stereocenters. The monoisotopic (exact) mass is 266 g/mol. The van der Waals surface area contributed by atoms with Crippen LogP contribution in [0.3, 0.4) is 0 Å². The Hall–Kier alpha value is -1.64. The first-order chi connectivity index (χ1) is 9.92. The van der Waals surface area contributed by atoms with Crippen molar-refractivity contribution >= 4 is 0 Å². The Morgan fingerprint density at radius 2 is 1.00 bits per heavy atom. The van der Waals surface area contributed by atoms with Gasteiger partial charge >= 0.3 is 0 Å². The summed E-state index contributed by atoms with van der Waals surface area (Å²) in [4.78, 5) is 0. The Morgan fingerprint density at radius 1 is 0.600 bits per heavy atom. The zero-order valence-corrected chi connectivity index (χ0v) is 11.3. The third-order valence-electron chi connectivity index (χ3n) is 4.16. The van der Waals surface area contributed by atoms with Crippen molar-refractivity contribution in [2.45, 2.75) is 37.3 Å². The van der Waals surface area contributed by atoms with Crippen LogP contribution in [0.25, 0.3) is 0 Å². The SMILES string of the molecule is c1ccc(C2OC2CCC2OC2c2ccccc2)cc1. The minimum Gasteiger partial charge on any atom is -0.365 e. The average molecular weight is 266 g/mol. The molecule has 4 atom stereocenters. The molecule has 0 amide bonds. The number of epoxide rings is 2. The molecule has 0 spiro atoms. The van der Waals surface area contributed by atoms with Crippen LogP contribution in [-0.2, 0) is 9.47 Å². The Balaban J connectivity index is 1.26. The van der Waals surface area contributed by atoms with Gasteiger partial charge in [-0.25, -0.2) is 0 Å². The molecule has 2 aliphatic heterocycles. The lowest BCUT2D eigenvalue weighted by atomic mass is 10.0. The van der Waals surface area contributed by atoms with E-state index in [4.69, 9.17) is 9.47 Å². The van der Waals surface area contributed by atoms with Gasteiger partial charge in [-0.05, 0) is 24.0 Å². The van der Waals surface area contributed by atoms with Crippen LogP contribution in [0.2, 0.25) is 0 Å². The third kappa shape index (κ3) is 2.49. The minimum atomic E-state index is 0.310. The van der Waals surface area contributed by atoms with E-state index in [9.17, 15) is 0 Å². The van der Waals surface area contributed by atoms with Gasteiger partial charge in [0.25, 0.3) is 0 Å². The maximum atomic E-state index is 5.77. The average Bonchev–Trinajstić information content (AvgIpc) is 3.41. The standard InChI is InChI=1S/C18H18O2/c1-3-7-13(8-4-1)17-15(19-17)11-12-16-18(20-16)14-9-5-2-6-10-14/h1-10,15-18H,11-12H2. The van der Waals surface area contributed by atoms with Crippen molar-refractivity contribution < 1.29 is 9.47 Å². The molecular weight excluding hydrogens is 248 g/mol. The lowest BCUT2D eigenvalue weighted by Crippen LogP contribution is -1.95. The molecule has 2 heteroatoms. The highest BCUT2D eigenvalue weighted by atomic mass is 16.6. The van der Waals surface area contributed by atoms with Gasteiger partial charge in [-0.3, -0.25) is 0 Å². The summed E-state index contributed by atoms with van der Waals surface area (Å²) in [6.45, 7) is 0. The van der Waals surface area contributed by atoms with E-state index in [0.29, 0.717) is 24.4 Å². The molecule has 2 heterocycles. The van der Waals surface area contributed by atoms with Crippen LogP contribution < -0.4 is 0 Å². The van der Waals surface area contributed by atoms with Gasteiger partial charge in [0.05, 0.1) is 12.2 Å². The van der Waals surface area contributed by atoms with Gasteiger partial charge in [0.2, 0.25) is 0 Å². The molecule has 102 valence electrons. The molecule has 2 aromatic carbocycles.